The van der Waals surface area contributed by atoms with Crippen LogP contribution in [0.25, 0.3) is 10.9 Å². The molecular weight excluding hydrogens is 349 g/mol. The Kier molecular flexibility index (Phi) is 6.23. The Balaban J connectivity index is 1.91. The normalized spacial score (nSPS) is 16.0. The first-order valence-electron chi connectivity index (χ1n) is 9.31. The van der Waals surface area contributed by atoms with Crippen molar-refractivity contribution in [3.05, 3.63) is 46.0 Å². The number of piperidine rings is 1. The summed E-state index contributed by atoms with van der Waals surface area (Å²) in [7, 11) is 3.70. The molecule has 1 amide bonds. The summed E-state index contributed by atoms with van der Waals surface area (Å²) in [5, 5.41) is 0.247. The lowest BCUT2D eigenvalue weighted by molar-refractivity contribution is 0.0558. The Bertz CT molecular complexity index is 859. The van der Waals surface area contributed by atoms with E-state index in [-0.39, 0.29) is 34.0 Å². The number of benzene rings is 1. The van der Waals surface area contributed by atoms with Crippen molar-refractivity contribution in [2.75, 3.05) is 40.4 Å². The molecule has 6 nitrogen and oxygen atoms in total. The molecule has 2 heterocycles. The Morgan fingerprint density at radius 2 is 2.11 bits per heavy atom. The number of carbonyl (C=O) groups is 1. The van der Waals surface area contributed by atoms with Crippen molar-refractivity contribution in [2.24, 2.45) is 0 Å². The highest BCUT2D eigenvalue weighted by molar-refractivity contribution is 5.95. The zero-order valence-electron chi connectivity index (χ0n) is 15.8. The van der Waals surface area contributed by atoms with Gasteiger partial charge < -0.3 is 19.5 Å². The van der Waals surface area contributed by atoms with E-state index < -0.39 is 5.82 Å². The highest BCUT2D eigenvalue weighted by Gasteiger charge is 2.28. The van der Waals surface area contributed by atoms with Gasteiger partial charge in [-0.3, -0.25) is 9.59 Å². The van der Waals surface area contributed by atoms with Gasteiger partial charge in [-0.2, -0.15) is 0 Å². The molecular formula is C20H26FN3O3. The van der Waals surface area contributed by atoms with E-state index in [0.29, 0.717) is 19.6 Å². The van der Waals surface area contributed by atoms with Gasteiger partial charge in [0, 0.05) is 37.8 Å². The molecule has 0 bridgehead atoms. The zero-order chi connectivity index (χ0) is 19.4. The first-order chi connectivity index (χ1) is 13.0. The lowest BCUT2D eigenvalue weighted by atomic mass is 10.0. The Morgan fingerprint density at radius 3 is 2.81 bits per heavy atom. The average Bonchev–Trinajstić information content (AvgIpc) is 2.66. The van der Waals surface area contributed by atoms with E-state index in [1.54, 1.807) is 13.2 Å². The smallest absolute Gasteiger partial charge is 0.270 e. The van der Waals surface area contributed by atoms with Gasteiger partial charge >= 0.3 is 0 Å². The number of ether oxygens (including phenoxy) is 1. The lowest BCUT2D eigenvalue weighted by Crippen LogP contribution is -2.47. The number of hydrogen-bond acceptors (Lipinski definition) is 4. The van der Waals surface area contributed by atoms with Gasteiger partial charge in [0.15, 0.2) is 5.43 Å². The van der Waals surface area contributed by atoms with Crippen molar-refractivity contribution in [3.8, 4) is 0 Å². The van der Waals surface area contributed by atoms with Gasteiger partial charge in [0.05, 0.1) is 5.52 Å². The van der Waals surface area contributed by atoms with Crippen LogP contribution >= 0.6 is 0 Å². The number of para-hydroxylation sites is 1. The van der Waals surface area contributed by atoms with Crippen LogP contribution in [0.4, 0.5) is 4.39 Å². The highest BCUT2D eigenvalue weighted by atomic mass is 19.1. The average molecular weight is 375 g/mol. The molecule has 1 aliphatic heterocycles. The second kappa shape index (κ2) is 8.63. The summed E-state index contributed by atoms with van der Waals surface area (Å²) in [6.45, 7) is 2.93. The summed E-state index contributed by atoms with van der Waals surface area (Å²) in [6, 6.07) is 5.70. The number of nitrogens with one attached hydrogen (secondary N) is 1. The second-order valence-corrected chi connectivity index (χ2v) is 7.09. The maximum atomic E-state index is 14.1. The first-order valence-corrected chi connectivity index (χ1v) is 9.31. The summed E-state index contributed by atoms with van der Waals surface area (Å²) in [4.78, 5) is 32.5. The molecule has 7 heteroatoms. The van der Waals surface area contributed by atoms with Gasteiger partial charge in [0.1, 0.15) is 11.5 Å². The minimum Gasteiger partial charge on any atom is -0.385 e. The minimum atomic E-state index is -0.538. The van der Waals surface area contributed by atoms with Gasteiger partial charge in [-0.25, -0.2) is 4.39 Å². The molecule has 0 spiro atoms. The number of likely N-dealkylation sites (tertiary alicyclic amines) is 1. The van der Waals surface area contributed by atoms with E-state index in [9.17, 15) is 14.0 Å². The van der Waals surface area contributed by atoms with Gasteiger partial charge in [-0.15, -0.1) is 0 Å². The van der Waals surface area contributed by atoms with Crippen molar-refractivity contribution in [1.82, 2.24) is 14.8 Å². The SMILES string of the molecule is COCCCN(C(=O)c1cc(=O)c2cccc(F)c2[nH]1)C1CCN(C)CC1. The molecule has 1 fully saturated rings. The molecule has 0 saturated carbocycles. The molecule has 1 aromatic carbocycles. The van der Waals surface area contributed by atoms with Crippen LogP contribution in [0.1, 0.15) is 29.8 Å². The molecule has 146 valence electrons. The van der Waals surface area contributed by atoms with Crippen LogP contribution in [0.15, 0.2) is 29.1 Å². The minimum absolute atomic E-state index is 0.0774. The van der Waals surface area contributed by atoms with Crippen LogP contribution in [0, 0.1) is 5.82 Å². The van der Waals surface area contributed by atoms with E-state index in [1.807, 2.05) is 4.90 Å². The molecule has 3 rings (SSSR count). The number of aromatic amines is 1. The number of carbonyl (C=O) groups excluding carboxylic acids is 1. The van der Waals surface area contributed by atoms with Crippen molar-refractivity contribution in [1.29, 1.82) is 0 Å². The summed E-state index contributed by atoms with van der Waals surface area (Å²) in [5.41, 5.74) is -0.144. The molecule has 0 aliphatic carbocycles. The van der Waals surface area contributed by atoms with Crippen LogP contribution in [-0.4, -0.2) is 67.1 Å². The van der Waals surface area contributed by atoms with Gasteiger partial charge in [0.25, 0.3) is 5.91 Å². The molecule has 0 atom stereocenters. The number of methoxy groups -OCH3 is 1. The molecule has 27 heavy (non-hydrogen) atoms. The third-order valence-electron chi connectivity index (χ3n) is 5.18. The molecule has 0 radical (unpaired) electrons. The molecule has 2 aromatic rings. The topological polar surface area (TPSA) is 65.6 Å². The number of fused-ring (bicyclic) bond motifs is 1. The standard InChI is InChI=1S/C20H26FN3O3/c1-23-10-7-14(8-11-23)24(9-4-12-27-2)20(26)17-13-18(25)15-5-3-6-16(21)19(15)22-17/h3,5-6,13-14H,4,7-12H2,1-2H3,(H,22,25). The van der Waals surface area contributed by atoms with E-state index in [2.05, 4.69) is 16.9 Å². The third kappa shape index (κ3) is 4.36. The number of aromatic nitrogens is 1. The van der Waals surface area contributed by atoms with Crippen molar-refractivity contribution < 1.29 is 13.9 Å². The number of hydrogen-bond donors (Lipinski definition) is 1. The predicted molar refractivity (Wildman–Crippen MR) is 103 cm³/mol. The number of pyridine rings is 1. The van der Waals surface area contributed by atoms with Crippen LogP contribution in [0.3, 0.4) is 0 Å². The number of halogens is 1. The van der Waals surface area contributed by atoms with Crippen LogP contribution in [0.5, 0.6) is 0 Å². The van der Waals surface area contributed by atoms with E-state index in [1.165, 1.54) is 18.2 Å². The predicted octanol–water partition coefficient (Wildman–Crippen LogP) is 2.24. The van der Waals surface area contributed by atoms with Crippen LogP contribution in [0.2, 0.25) is 0 Å². The second-order valence-electron chi connectivity index (χ2n) is 7.09. The maximum absolute atomic E-state index is 14.1. The summed E-state index contributed by atoms with van der Waals surface area (Å²) in [6.07, 6.45) is 2.46. The number of nitrogens with zero attached hydrogens (tertiary/aromatic N) is 2. The quantitative estimate of drug-likeness (QED) is 0.787. The molecule has 1 saturated heterocycles. The fourth-order valence-corrected chi connectivity index (χ4v) is 3.64. The highest BCUT2D eigenvalue weighted by Crippen LogP contribution is 2.19. The van der Waals surface area contributed by atoms with Crippen LogP contribution < -0.4 is 5.43 Å². The number of H-pyrrole nitrogens is 1. The molecule has 1 aromatic heterocycles. The summed E-state index contributed by atoms with van der Waals surface area (Å²) >= 11 is 0. The largest absolute Gasteiger partial charge is 0.385 e. The van der Waals surface area contributed by atoms with Gasteiger partial charge in [-0.1, -0.05) is 6.07 Å². The molecule has 0 unspecified atom stereocenters. The van der Waals surface area contributed by atoms with E-state index >= 15 is 0 Å². The number of amides is 1. The summed E-state index contributed by atoms with van der Waals surface area (Å²) < 4.78 is 19.3. The fourth-order valence-electron chi connectivity index (χ4n) is 3.64. The van der Waals surface area contributed by atoms with Crippen LogP contribution in [-0.2, 0) is 4.74 Å². The van der Waals surface area contributed by atoms with Gasteiger partial charge in [0.2, 0.25) is 0 Å². The first kappa shape index (κ1) is 19.5. The Hall–Kier alpha value is -2.25. The monoisotopic (exact) mass is 375 g/mol. The lowest BCUT2D eigenvalue weighted by Gasteiger charge is -2.37. The van der Waals surface area contributed by atoms with E-state index in [0.717, 1.165) is 25.9 Å². The van der Waals surface area contributed by atoms with Crippen molar-refractivity contribution >= 4 is 16.8 Å². The maximum Gasteiger partial charge on any atom is 0.270 e. The van der Waals surface area contributed by atoms with E-state index in [4.69, 9.17) is 4.74 Å². The fraction of sp³-hybridized carbons (Fsp3) is 0.500. The third-order valence-corrected chi connectivity index (χ3v) is 5.18. The molecule has 1 aliphatic rings. The summed E-state index contributed by atoms with van der Waals surface area (Å²) in [5.74, 6) is -0.799. The number of rotatable bonds is 6. The van der Waals surface area contributed by atoms with Crippen molar-refractivity contribution in [3.63, 3.8) is 0 Å². The molecule has 1 N–H and O–H groups in total. The zero-order valence-corrected chi connectivity index (χ0v) is 15.8. The van der Waals surface area contributed by atoms with Crippen molar-refractivity contribution in [2.45, 2.75) is 25.3 Å². The Morgan fingerprint density at radius 1 is 1.37 bits per heavy atom. The van der Waals surface area contributed by atoms with Gasteiger partial charge in [-0.05, 0) is 51.5 Å². The Labute approximate surface area is 157 Å².